The first-order chi connectivity index (χ1) is 11.9. The SMILES string of the molecule is CCCCCC(=O)OC[C@H]1OC(NC(=O)c2[nH]ncc2O)[C@H](O)[C@@H]1O. The first-order valence-corrected chi connectivity index (χ1v) is 8.14. The summed E-state index contributed by atoms with van der Waals surface area (Å²) in [4.78, 5) is 23.5. The third-order valence-corrected chi connectivity index (χ3v) is 3.88. The molecule has 1 aliphatic rings. The van der Waals surface area contributed by atoms with E-state index in [1.54, 1.807) is 0 Å². The number of unbranched alkanes of at least 4 members (excludes halogenated alkanes) is 2. The van der Waals surface area contributed by atoms with Crippen molar-refractivity contribution in [2.24, 2.45) is 0 Å². The number of H-pyrrole nitrogens is 1. The lowest BCUT2D eigenvalue weighted by Crippen LogP contribution is -2.43. The van der Waals surface area contributed by atoms with E-state index in [-0.39, 0.29) is 24.5 Å². The number of aliphatic hydroxyl groups is 2. The van der Waals surface area contributed by atoms with Crippen molar-refractivity contribution < 1.29 is 34.4 Å². The average molecular weight is 357 g/mol. The molecular formula is C15H23N3O7. The number of rotatable bonds is 8. The lowest BCUT2D eigenvalue weighted by molar-refractivity contribution is -0.149. The number of aromatic amines is 1. The summed E-state index contributed by atoms with van der Waals surface area (Å²) < 4.78 is 10.4. The number of nitrogens with zero attached hydrogens (tertiary/aromatic N) is 1. The molecule has 1 amide bonds. The van der Waals surface area contributed by atoms with Gasteiger partial charge in [0, 0.05) is 6.42 Å². The molecule has 1 aliphatic heterocycles. The Bertz CT molecular complexity index is 591. The molecule has 0 aromatic carbocycles. The third kappa shape index (κ3) is 4.91. The molecule has 0 bridgehead atoms. The van der Waals surface area contributed by atoms with E-state index < -0.39 is 36.4 Å². The van der Waals surface area contributed by atoms with Gasteiger partial charge in [-0.25, -0.2) is 0 Å². The predicted molar refractivity (Wildman–Crippen MR) is 83.5 cm³/mol. The third-order valence-electron chi connectivity index (χ3n) is 3.88. The van der Waals surface area contributed by atoms with Crippen LogP contribution in [0.4, 0.5) is 0 Å². The molecular weight excluding hydrogens is 334 g/mol. The van der Waals surface area contributed by atoms with Gasteiger partial charge in [-0.1, -0.05) is 19.8 Å². The fourth-order valence-corrected chi connectivity index (χ4v) is 2.42. The smallest absolute Gasteiger partial charge is 0.305 e. The Labute approximate surface area is 144 Å². The van der Waals surface area contributed by atoms with Gasteiger partial charge < -0.3 is 30.1 Å². The number of amides is 1. The van der Waals surface area contributed by atoms with Gasteiger partial charge in [-0.05, 0) is 6.42 Å². The Morgan fingerprint density at radius 1 is 1.36 bits per heavy atom. The fourth-order valence-electron chi connectivity index (χ4n) is 2.42. The zero-order chi connectivity index (χ0) is 18.4. The Morgan fingerprint density at radius 3 is 2.76 bits per heavy atom. The van der Waals surface area contributed by atoms with Crippen LogP contribution in [0.25, 0.3) is 0 Å². The van der Waals surface area contributed by atoms with E-state index in [1.807, 2.05) is 6.92 Å². The zero-order valence-electron chi connectivity index (χ0n) is 13.8. The number of hydrogen-bond donors (Lipinski definition) is 5. The number of carbonyl (C=O) groups excluding carboxylic acids is 2. The molecule has 10 nitrogen and oxygen atoms in total. The molecule has 0 spiro atoms. The summed E-state index contributed by atoms with van der Waals surface area (Å²) in [6.07, 6.45) is -0.961. The molecule has 2 heterocycles. The van der Waals surface area contributed by atoms with Gasteiger partial charge in [0.25, 0.3) is 5.91 Å². The molecule has 1 fully saturated rings. The number of nitrogens with one attached hydrogen (secondary N) is 2. The van der Waals surface area contributed by atoms with Crippen molar-refractivity contribution in [1.82, 2.24) is 15.5 Å². The monoisotopic (exact) mass is 357 g/mol. The summed E-state index contributed by atoms with van der Waals surface area (Å²) in [6.45, 7) is 1.79. The van der Waals surface area contributed by atoms with Gasteiger partial charge in [0.1, 0.15) is 24.9 Å². The summed E-state index contributed by atoms with van der Waals surface area (Å²) in [6, 6.07) is 0. The van der Waals surface area contributed by atoms with Crippen molar-refractivity contribution in [3.8, 4) is 5.75 Å². The number of hydrogen-bond acceptors (Lipinski definition) is 8. The number of aromatic nitrogens is 2. The van der Waals surface area contributed by atoms with Crippen LogP contribution in [0.5, 0.6) is 5.75 Å². The van der Waals surface area contributed by atoms with Crippen LogP contribution in [0, 0.1) is 0 Å². The maximum atomic E-state index is 12.0. The molecule has 140 valence electrons. The number of esters is 1. The van der Waals surface area contributed by atoms with Crippen molar-refractivity contribution in [1.29, 1.82) is 0 Å². The quantitative estimate of drug-likeness (QED) is 0.306. The van der Waals surface area contributed by atoms with Crippen LogP contribution in [0.15, 0.2) is 6.20 Å². The van der Waals surface area contributed by atoms with Gasteiger partial charge in [0.15, 0.2) is 17.7 Å². The first kappa shape index (κ1) is 19.2. The Kier molecular flexibility index (Phi) is 6.73. The van der Waals surface area contributed by atoms with Crippen LogP contribution in [0.1, 0.15) is 43.1 Å². The largest absolute Gasteiger partial charge is 0.504 e. The Morgan fingerprint density at radius 2 is 2.12 bits per heavy atom. The standard InChI is InChI=1S/C15H23N3O7/c1-2-3-4-5-10(20)24-7-9-12(21)13(22)15(25-9)17-14(23)11-8(19)6-16-18-11/h6,9,12-13,15,19,21-22H,2-5,7H2,1H3,(H,16,18)(H,17,23)/t9-,12-,13-,15?/m1/s1. The molecule has 2 rings (SSSR count). The van der Waals surface area contributed by atoms with E-state index in [0.29, 0.717) is 0 Å². The van der Waals surface area contributed by atoms with Gasteiger partial charge >= 0.3 is 5.97 Å². The summed E-state index contributed by atoms with van der Waals surface area (Å²) in [5, 5.41) is 37.5. The normalized spacial score (nSPS) is 25.7. The van der Waals surface area contributed by atoms with E-state index in [0.717, 1.165) is 25.5 Å². The van der Waals surface area contributed by atoms with Crippen LogP contribution in [0.2, 0.25) is 0 Å². The number of aromatic hydroxyl groups is 1. The molecule has 25 heavy (non-hydrogen) atoms. The van der Waals surface area contributed by atoms with E-state index in [9.17, 15) is 24.9 Å². The summed E-state index contributed by atoms with van der Waals surface area (Å²) in [7, 11) is 0. The second-order valence-corrected chi connectivity index (χ2v) is 5.82. The van der Waals surface area contributed by atoms with E-state index in [4.69, 9.17) is 9.47 Å². The molecule has 1 unspecified atom stereocenters. The van der Waals surface area contributed by atoms with Crippen LogP contribution >= 0.6 is 0 Å². The molecule has 0 aliphatic carbocycles. The molecule has 1 aromatic heterocycles. The minimum Gasteiger partial charge on any atom is -0.504 e. The molecule has 1 aromatic rings. The van der Waals surface area contributed by atoms with Crippen LogP contribution in [-0.2, 0) is 14.3 Å². The molecule has 4 atom stereocenters. The average Bonchev–Trinajstić information content (AvgIpc) is 3.12. The zero-order valence-corrected chi connectivity index (χ0v) is 13.8. The van der Waals surface area contributed by atoms with Crippen molar-refractivity contribution in [2.75, 3.05) is 6.61 Å². The number of carbonyl (C=O) groups is 2. The van der Waals surface area contributed by atoms with Crippen molar-refractivity contribution >= 4 is 11.9 Å². The van der Waals surface area contributed by atoms with E-state index in [2.05, 4.69) is 15.5 Å². The van der Waals surface area contributed by atoms with Gasteiger partial charge in [-0.3, -0.25) is 14.7 Å². The van der Waals surface area contributed by atoms with E-state index >= 15 is 0 Å². The molecule has 0 saturated carbocycles. The highest BCUT2D eigenvalue weighted by atomic mass is 16.6. The van der Waals surface area contributed by atoms with Crippen molar-refractivity contribution in [2.45, 2.75) is 57.1 Å². The van der Waals surface area contributed by atoms with Crippen molar-refractivity contribution in [3.63, 3.8) is 0 Å². The lowest BCUT2D eigenvalue weighted by Gasteiger charge is -2.15. The van der Waals surface area contributed by atoms with Crippen molar-refractivity contribution in [3.05, 3.63) is 11.9 Å². The predicted octanol–water partition coefficient (Wildman–Crippen LogP) is -0.585. The minimum atomic E-state index is -1.40. The Balaban J connectivity index is 1.82. The highest BCUT2D eigenvalue weighted by molar-refractivity contribution is 5.94. The second-order valence-electron chi connectivity index (χ2n) is 5.82. The highest BCUT2D eigenvalue weighted by Gasteiger charge is 2.44. The number of aliphatic hydroxyl groups excluding tert-OH is 2. The maximum absolute atomic E-state index is 12.0. The second kappa shape index (κ2) is 8.79. The van der Waals surface area contributed by atoms with Crippen LogP contribution < -0.4 is 5.32 Å². The van der Waals surface area contributed by atoms with Gasteiger partial charge in [0.05, 0.1) is 6.20 Å². The minimum absolute atomic E-state index is 0.198. The summed E-state index contributed by atoms with van der Waals surface area (Å²) in [5.41, 5.74) is -0.198. The lowest BCUT2D eigenvalue weighted by atomic mass is 10.1. The van der Waals surface area contributed by atoms with E-state index in [1.165, 1.54) is 0 Å². The van der Waals surface area contributed by atoms with Crippen LogP contribution in [-0.4, -0.2) is 68.5 Å². The maximum Gasteiger partial charge on any atom is 0.305 e. The topological polar surface area (TPSA) is 154 Å². The fraction of sp³-hybridized carbons (Fsp3) is 0.667. The molecule has 10 heteroatoms. The van der Waals surface area contributed by atoms with Gasteiger partial charge in [-0.15, -0.1) is 0 Å². The molecule has 1 saturated heterocycles. The number of ether oxygens (including phenoxy) is 2. The summed E-state index contributed by atoms with van der Waals surface area (Å²) >= 11 is 0. The van der Waals surface area contributed by atoms with Crippen LogP contribution in [0.3, 0.4) is 0 Å². The Hall–Kier alpha value is -2.17. The highest BCUT2D eigenvalue weighted by Crippen LogP contribution is 2.21. The summed E-state index contributed by atoms with van der Waals surface area (Å²) in [5.74, 6) is -1.53. The molecule has 0 radical (unpaired) electrons. The molecule has 5 N–H and O–H groups in total. The van der Waals surface area contributed by atoms with Gasteiger partial charge in [-0.2, -0.15) is 5.10 Å². The van der Waals surface area contributed by atoms with Gasteiger partial charge in [0.2, 0.25) is 0 Å². The first-order valence-electron chi connectivity index (χ1n) is 8.14.